The van der Waals surface area contributed by atoms with Crippen molar-refractivity contribution in [1.82, 2.24) is 10.3 Å². The molecule has 0 saturated heterocycles. The maximum atomic E-state index is 13.0. The number of thioether (sulfide) groups is 1. The average molecular weight is 423 g/mol. The van der Waals surface area contributed by atoms with E-state index in [1.54, 1.807) is 24.3 Å². The van der Waals surface area contributed by atoms with Gasteiger partial charge in [0.1, 0.15) is 5.70 Å². The first-order chi connectivity index (χ1) is 14.6. The van der Waals surface area contributed by atoms with E-state index in [1.807, 2.05) is 18.2 Å². The number of hydrogen-bond acceptors (Lipinski definition) is 7. The van der Waals surface area contributed by atoms with Crippen LogP contribution in [-0.2, 0) is 4.79 Å². The molecule has 2 aromatic rings. The molecule has 0 aromatic heterocycles. The van der Waals surface area contributed by atoms with Crippen molar-refractivity contribution in [1.29, 1.82) is 0 Å². The summed E-state index contributed by atoms with van der Waals surface area (Å²) in [6.07, 6.45) is 2.44. The molecule has 0 bridgehead atoms. The number of para-hydroxylation sites is 2. The maximum absolute atomic E-state index is 13.0. The average Bonchev–Trinajstić information content (AvgIpc) is 2.76. The number of fused-ring (bicyclic) bond motifs is 2. The van der Waals surface area contributed by atoms with Crippen molar-refractivity contribution in [2.75, 3.05) is 5.75 Å². The highest BCUT2D eigenvalue weighted by atomic mass is 32.2. The van der Waals surface area contributed by atoms with E-state index in [0.29, 0.717) is 27.0 Å². The highest BCUT2D eigenvalue weighted by Crippen LogP contribution is 2.35. The Morgan fingerprint density at radius 3 is 2.73 bits per heavy atom. The second kappa shape index (κ2) is 8.66. The number of nitro benzene ring substituents is 1. The fraction of sp³-hybridized carbons (Fsp3) is 0.286. The summed E-state index contributed by atoms with van der Waals surface area (Å²) in [5, 5.41) is 22.4. The Labute approximate surface area is 177 Å². The number of rotatable bonds is 6. The number of unbranched alkanes of at least 4 members (excludes halogenated alkanes) is 2. The maximum Gasteiger partial charge on any atom is 0.276 e. The second-order valence-corrected chi connectivity index (χ2v) is 8.03. The Hall–Kier alpha value is -3.20. The molecule has 0 fully saturated rings. The number of amidine groups is 1. The Balaban J connectivity index is 1.83. The second-order valence-electron chi connectivity index (χ2n) is 6.94. The summed E-state index contributed by atoms with van der Waals surface area (Å²) in [6.45, 7) is 2.13. The van der Waals surface area contributed by atoms with Gasteiger partial charge in [-0.05, 0) is 18.6 Å². The number of benzene rings is 2. The van der Waals surface area contributed by atoms with Crippen LogP contribution in [0, 0.1) is 10.1 Å². The van der Waals surface area contributed by atoms with Crippen molar-refractivity contribution in [2.24, 2.45) is 10.1 Å². The van der Waals surface area contributed by atoms with Gasteiger partial charge in [0.05, 0.1) is 15.8 Å². The van der Waals surface area contributed by atoms with Gasteiger partial charge in [-0.3, -0.25) is 25.2 Å². The monoisotopic (exact) mass is 423 g/mol. The number of nitrogens with zero attached hydrogens (tertiary/aromatic N) is 4. The first-order valence-corrected chi connectivity index (χ1v) is 10.8. The molecular formula is C21H21N5O3S. The van der Waals surface area contributed by atoms with E-state index >= 15 is 0 Å². The van der Waals surface area contributed by atoms with Gasteiger partial charge in [0.15, 0.2) is 11.3 Å². The Morgan fingerprint density at radius 2 is 1.93 bits per heavy atom. The van der Waals surface area contributed by atoms with Gasteiger partial charge in [-0.25, -0.2) is 5.01 Å². The number of hydrogen-bond donors (Lipinski definition) is 1. The third-order valence-electron chi connectivity index (χ3n) is 4.91. The summed E-state index contributed by atoms with van der Waals surface area (Å²) in [5.41, 5.74) is 0.688. The van der Waals surface area contributed by atoms with E-state index in [0.717, 1.165) is 25.0 Å². The Bertz CT molecular complexity index is 1150. The van der Waals surface area contributed by atoms with E-state index in [-0.39, 0.29) is 11.6 Å². The van der Waals surface area contributed by atoms with Crippen molar-refractivity contribution < 1.29 is 9.72 Å². The number of hydrazone groups is 1. The predicted molar refractivity (Wildman–Crippen MR) is 116 cm³/mol. The van der Waals surface area contributed by atoms with Gasteiger partial charge >= 0.3 is 0 Å². The van der Waals surface area contributed by atoms with Crippen LogP contribution in [0.3, 0.4) is 0 Å². The zero-order chi connectivity index (χ0) is 21.1. The minimum Gasteiger partial charge on any atom is -0.298 e. The van der Waals surface area contributed by atoms with Crippen molar-refractivity contribution in [3.63, 3.8) is 0 Å². The van der Waals surface area contributed by atoms with Crippen LogP contribution in [0.2, 0.25) is 0 Å². The molecule has 4 rings (SSSR count). The first-order valence-electron chi connectivity index (χ1n) is 9.82. The van der Waals surface area contributed by atoms with Gasteiger partial charge in [-0.15, -0.1) is 5.10 Å². The molecule has 1 amide bonds. The molecule has 0 unspecified atom stereocenters. The van der Waals surface area contributed by atoms with E-state index in [9.17, 15) is 14.9 Å². The lowest BCUT2D eigenvalue weighted by molar-refractivity contribution is -0.385. The fourth-order valence-corrected chi connectivity index (χ4v) is 4.34. The van der Waals surface area contributed by atoms with E-state index in [4.69, 9.17) is 4.99 Å². The normalized spacial score (nSPS) is 17.4. The summed E-state index contributed by atoms with van der Waals surface area (Å²) >= 11 is 1.47. The molecule has 0 spiro atoms. The molecule has 154 valence electrons. The highest BCUT2D eigenvalue weighted by Gasteiger charge is 2.36. The van der Waals surface area contributed by atoms with Gasteiger partial charge < -0.3 is 0 Å². The van der Waals surface area contributed by atoms with Crippen LogP contribution in [0.15, 0.2) is 58.6 Å². The van der Waals surface area contributed by atoms with Gasteiger partial charge in [-0.1, -0.05) is 61.9 Å². The van der Waals surface area contributed by atoms with Crippen LogP contribution in [0.1, 0.15) is 37.9 Å². The highest BCUT2D eigenvalue weighted by molar-refractivity contribution is 8.13. The number of nitrogens with one attached hydrogen (secondary N) is 1. The van der Waals surface area contributed by atoms with E-state index in [2.05, 4.69) is 17.3 Å². The quantitative estimate of drug-likeness (QED) is 0.437. The molecule has 2 aromatic carbocycles. The van der Waals surface area contributed by atoms with Crippen molar-refractivity contribution in [2.45, 2.75) is 32.4 Å². The third kappa shape index (κ3) is 3.80. The van der Waals surface area contributed by atoms with Crippen LogP contribution >= 0.6 is 11.8 Å². The van der Waals surface area contributed by atoms with Crippen molar-refractivity contribution >= 4 is 34.2 Å². The lowest BCUT2D eigenvalue weighted by Crippen LogP contribution is -2.50. The number of amides is 1. The van der Waals surface area contributed by atoms with Crippen LogP contribution in [0.5, 0.6) is 0 Å². The fourth-order valence-electron chi connectivity index (χ4n) is 3.49. The Kier molecular flexibility index (Phi) is 5.80. The lowest BCUT2D eigenvalue weighted by atomic mass is 10.1. The molecule has 2 heterocycles. The number of nitro groups is 1. The molecule has 30 heavy (non-hydrogen) atoms. The summed E-state index contributed by atoms with van der Waals surface area (Å²) in [6, 6.07) is 13.7. The molecule has 2 aliphatic rings. The third-order valence-corrected chi connectivity index (χ3v) is 5.86. The minimum atomic E-state index is -0.797. The molecule has 0 saturated carbocycles. The zero-order valence-corrected chi connectivity index (χ0v) is 17.3. The smallest absolute Gasteiger partial charge is 0.276 e. The molecule has 1 atom stereocenters. The van der Waals surface area contributed by atoms with Gasteiger partial charge in [0.25, 0.3) is 11.6 Å². The largest absolute Gasteiger partial charge is 0.298 e. The summed E-state index contributed by atoms with van der Waals surface area (Å²) in [4.78, 5) is 28.9. The van der Waals surface area contributed by atoms with Gasteiger partial charge in [0.2, 0.25) is 0 Å². The van der Waals surface area contributed by atoms with Gasteiger partial charge in [-0.2, -0.15) is 0 Å². The summed E-state index contributed by atoms with van der Waals surface area (Å²) < 4.78 is 0. The standard InChI is InChI=1S/C21H21N5O3S/c1-2-3-8-13-30-21-23-20(27)18-14-9-4-6-11-16(14)22-19(25(18)24-21)15-10-5-7-12-17(15)26(28)29/h4-7,9-12,19H,2-3,8,13H2,1H3,(H,23,24,27)/t19-/m0/s1. The lowest BCUT2D eigenvalue weighted by Gasteiger charge is -2.33. The van der Waals surface area contributed by atoms with Crippen molar-refractivity contribution in [3.8, 4) is 0 Å². The van der Waals surface area contributed by atoms with Crippen molar-refractivity contribution in [3.05, 3.63) is 74.8 Å². The SMILES string of the molecule is CCCCCSC1=NN2C(=c3ccccc3=N[C@@H]2c2ccccc2[N+](=O)[O-])C(=O)N1. The minimum absolute atomic E-state index is 0.0525. The van der Waals surface area contributed by atoms with E-state index in [1.165, 1.54) is 22.8 Å². The first kappa shape index (κ1) is 20.1. The molecule has 1 N–H and O–H groups in total. The Morgan fingerprint density at radius 1 is 1.17 bits per heavy atom. The van der Waals surface area contributed by atoms with E-state index < -0.39 is 11.1 Å². The summed E-state index contributed by atoms with van der Waals surface area (Å²) in [7, 11) is 0. The molecular weight excluding hydrogens is 402 g/mol. The van der Waals surface area contributed by atoms with Crippen LogP contribution in [0.4, 0.5) is 5.69 Å². The van der Waals surface area contributed by atoms with Crippen LogP contribution < -0.4 is 15.9 Å². The molecule has 0 radical (unpaired) electrons. The zero-order valence-electron chi connectivity index (χ0n) is 16.4. The molecule has 0 aliphatic carbocycles. The number of carbonyl (C=O) groups excluding carboxylic acids is 1. The predicted octanol–water partition coefficient (Wildman–Crippen LogP) is 2.66. The molecule has 8 nitrogen and oxygen atoms in total. The van der Waals surface area contributed by atoms with Gasteiger partial charge in [0, 0.05) is 17.0 Å². The summed E-state index contributed by atoms with van der Waals surface area (Å²) in [5.74, 6) is 0.550. The van der Waals surface area contributed by atoms with Crippen LogP contribution in [-0.4, -0.2) is 26.8 Å². The van der Waals surface area contributed by atoms with Crippen LogP contribution in [0.25, 0.3) is 5.70 Å². The topological polar surface area (TPSA) is 100 Å². The molecule has 2 aliphatic heterocycles. The number of carbonyl (C=O) groups is 1. The molecule has 9 heteroatoms.